The average Bonchev–Trinajstić information content (AvgIpc) is 2.67. The highest BCUT2D eigenvalue weighted by molar-refractivity contribution is 5.46. The lowest BCUT2D eigenvalue weighted by molar-refractivity contribution is 0.190. The van der Waals surface area contributed by atoms with Crippen molar-refractivity contribution in [2.75, 3.05) is 27.3 Å². The highest BCUT2D eigenvalue weighted by Gasteiger charge is 2.19. The number of benzene rings is 2. The fraction of sp³-hybridized carbons (Fsp3) is 0.429. The summed E-state index contributed by atoms with van der Waals surface area (Å²) in [4.78, 5) is 2.54. The predicted molar refractivity (Wildman–Crippen MR) is 101 cm³/mol. The largest absolute Gasteiger partial charge is 0.493 e. The molecular formula is C21H28N2O2. The molecule has 1 aliphatic heterocycles. The molecule has 134 valence electrons. The van der Waals surface area contributed by atoms with Crippen LogP contribution in [0.2, 0.25) is 0 Å². The van der Waals surface area contributed by atoms with E-state index in [0.717, 1.165) is 43.2 Å². The molecule has 25 heavy (non-hydrogen) atoms. The molecule has 1 fully saturated rings. The molecule has 0 bridgehead atoms. The van der Waals surface area contributed by atoms with E-state index in [-0.39, 0.29) is 0 Å². The Labute approximate surface area is 150 Å². The predicted octanol–water partition coefficient (Wildman–Crippen LogP) is 3.46. The molecule has 0 atom stereocenters. The van der Waals surface area contributed by atoms with Crippen molar-refractivity contribution in [3.05, 3.63) is 59.7 Å². The van der Waals surface area contributed by atoms with E-state index in [1.165, 1.54) is 18.4 Å². The van der Waals surface area contributed by atoms with Crippen molar-refractivity contribution in [3.63, 3.8) is 0 Å². The molecule has 4 heteroatoms. The van der Waals surface area contributed by atoms with Gasteiger partial charge in [0.15, 0.2) is 11.5 Å². The molecule has 1 heterocycles. The second-order valence-electron chi connectivity index (χ2n) is 6.57. The Hall–Kier alpha value is -2.04. The Morgan fingerprint density at radius 1 is 0.960 bits per heavy atom. The second kappa shape index (κ2) is 8.88. The topological polar surface area (TPSA) is 33.7 Å². The van der Waals surface area contributed by atoms with E-state index in [9.17, 15) is 0 Å². The molecule has 4 nitrogen and oxygen atoms in total. The first-order valence-electron chi connectivity index (χ1n) is 8.99. The van der Waals surface area contributed by atoms with Crippen molar-refractivity contribution in [2.24, 2.45) is 0 Å². The maximum atomic E-state index is 5.52. The highest BCUT2D eigenvalue weighted by atomic mass is 16.5. The Balaban J connectivity index is 1.48. The van der Waals surface area contributed by atoms with Crippen molar-refractivity contribution in [3.8, 4) is 11.5 Å². The number of nitrogens with one attached hydrogen (secondary N) is 1. The van der Waals surface area contributed by atoms with Gasteiger partial charge in [-0.25, -0.2) is 0 Å². The minimum absolute atomic E-state index is 0.558. The van der Waals surface area contributed by atoms with Gasteiger partial charge in [0.25, 0.3) is 0 Å². The van der Waals surface area contributed by atoms with Gasteiger partial charge in [-0.15, -0.1) is 0 Å². The summed E-state index contributed by atoms with van der Waals surface area (Å²) >= 11 is 0. The van der Waals surface area contributed by atoms with Crippen LogP contribution in [-0.2, 0) is 13.1 Å². The lowest BCUT2D eigenvalue weighted by Gasteiger charge is -2.32. The second-order valence-corrected chi connectivity index (χ2v) is 6.57. The van der Waals surface area contributed by atoms with Crippen LogP contribution in [0, 0.1) is 0 Å². The van der Waals surface area contributed by atoms with E-state index in [1.54, 1.807) is 14.2 Å². The number of nitrogens with zero attached hydrogens (tertiary/aromatic N) is 1. The number of likely N-dealkylation sites (tertiary alicyclic amines) is 1. The third-order valence-electron chi connectivity index (χ3n) is 4.90. The van der Waals surface area contributed by atoms with E-state index in [0.29, 0.717) is 6.04 Å². The number of hydrogen-bond acceptors (Lipinski definition) is 4. The zero-order chi connectivity index (χ0) is 17.5. The molecular weight excluding hydrogens is 312 g/mol. The van der Waals surface area contributed by atoms with Crippen molar-refractivity contribution < 1.29 is 9.47 Å². The van der Waals surface area contributed by atoms with Crippen LogP contribution in [0.25, 0.3) is 0 Å². The van der Waals surface area contributed by atoms with Crippen LogP contribution >= 0.6 is 0 Å². The van der Waals surface area contributed by atoms with Crippen molar-refractivity contribution >= 4 is 0 Å². The number of para-hydroxylation sites is 1. The minimum Gasteiger partial charge on any atom is -0.493 e. The SMILES string of the molecule is COc1cccc(CNC2CCN(Cc3ccccc3)CC2)c1OC. The Morgan fingerprint density at radius 3 is 2.40 bits per heavy atom. The Kier molecular flexibility index (Phi) is 6.31. The van der Waals surface area contributed by atoms with Crippen LogP contribution in [0.3, 0.4) is 0 Å². The van der Waals surface area contributed by atoms with E-state index in [1.807, 2.05) is 12.1 Å². The van der Waals surface area contributed by atoms with Crippen LogP contribution < -0.4 is 14.8 Å². The zero-order valence-electron chi connectivity index (χ0n) is 15.2. The van der Waals surface area contributed by atoms with E-state index in [4.69, 9.17) is 9.47 Å². The van der Waals surface area contributed by atoms with E-state index < -0.39 is 0 Å². The number of ether oxygens (including phenoxy) is 2. The van der Waals surface area contributed by atoms with Gasteiger partial charge in [0, 0.05) is 24.7 Å². The maximum absolute atomic E-state index is 5.52. The van der Waals surface area contributed by atoms with Crippen molar-refractivity contribution in [1.82, 2.24) is 10.2 Å². The molecule has 0 aromatic heterocycles. The lowest BCUT2D eigenvalue weighted by atomic mass is 10.0. The van der Waals surface area contributed by atoms with Crippen molar-refractivity contribution in [1.29, 1.82) is 0 Å². The van der Waals surface area contributed by atoms with Gasteiger partial charge in [-0.05, 0) is 37.6 Å². The van der Waals surface area contributed by atoms with Gasteiger partial charge >= 0.3 is 0 Å². The standard InChI is InChI=1S/C21H28N2O2/c1-24-20-10-6-9-18(21(20)25-2)15-22-19-11-13-23(14-12-19)16-17-7-4-3-5-8-17/h3-10,19,22H,11-16H2,1-2H3. The molecule has 0 amide bonds. The fourth-order valence-corrected chi connectivity index (χ4v) is 3.48. The molecule has 2 aromatic rings. The van der Waals surface area contributed by atoms with Crippen LogP contribution in [0.15, 0.2) is 48.5 Å². The van der Waals surface area contributed by atoms with Gasteiger partial charge in [0.05, 0.1) is 14.2 Å². The van der Waals surface area contributed by atoms with Gasteiger partial charge in [-0.3, -0.25) is 4.90 Å². The zero-order valence-corrected chi connectivity index (χ0v) is 15.2. The number of rotatable bonds is 7. The van der Waals surface area contributed by atoms with Gasteiger partial charge in [-0.2, -0.15) is 0 Å². The highest BCUT2D eigenvalue weighted by Crippen LogP contribution is 2.30. The first-order valence-corrected chi connectivity index (χ1v) is 8.99. The molecule has 0 radical (unpaired) electrons. The lowest BCUT2D eigenvalue weighted by Crippen LogP contribution is -2.41. The number of piperidine rings is 1. The molecule has 0 aliphatic carbocycles. The normalized spacial score (nSPS) is 15.9. The maximum Gasteiger partial charge on any atom is 0.165 e. The molecule has 1 saturated heterocycles. The van der Waals surface area contributed by atoms with E-state index in [2.05, 4.69) is 46.6 Å². The van der Waals surface area contributed by atoms with Crippen LogP contribution in [-0.4, -0.2) is 38.3 Å². The summed E-state index contributed by atoms with van der Waals surface area (Å²) in [6, 6.07) is 17.3. The Morgan fingerprint density at radius 2 is 1.72 bits per heavy atom. The minimum atomic E-state index is 0.558. The quantitative estimate of drug-likeness (QED) is 0.837. The average molecular weight is 340 g/mol. The fourth-order valence-electron chi connectivity index (χ4n) is 3.48. The Bertz CT molecular complexity index is 652. The summed E-state index contributed by atoms with van der Waals surface area (Å²) in [5.74, 6) is 1.62. The summed E-state index contributed by atoms with van der Waals surface area (Å²) in [5, 5.41) is 3.69. The third-order valence-corrected chi connectivity index (χ3v) is 4.90. The first kappa shape index (κ1) is 17.8. The number of methoxy groups -OCH3 is 2. The summed E-state index contributed by atoms with van der Waals surface area (Å²) in [6.45, 7) is 4.14. The number of hydrogen-bond donors (Lipinski definition) is 1. The first-order chi connectivity index (χ1) is 12.3. The van der Waals surface area contributed by atoms with Crippen LogP contribution in [0.5, 0.6) is 11.5 Å². The molecule has 0 saturated carbocycles. The summed E-state index contributed by atoms with van der Waals surface area (Å²) in [6.07, 6.45) is 2.36. The molecule has 2 aromatic carbocycles. The van der Waals surface area contributed by atoms with Gasteiger partial charge < -0.3 is 14.8 Å². The third kappa shape index (κ3) is 4.74. The summed E-state index contributed by atoms with van der Waals surface area (Å²) < 4.78 is 10.9. The van der Waals surface area contributed by atoms with Crippen molar-refractivity contribution in [2.45, 2.75) is 32.0 Å². The summed E-state index contributed by atoms with van der Waals surface area (Å²) in [7, 11) is 3.38. The molecule has 3 rings (SSSR count). The monoisotopic (exact) mass is 340 g/mol. The van der Waals surface area contributed by atoms with Gasteiger partial charge in [0.1, 0.15) is 0 Å². The summed E-state index contributed by atoms with van der Waals surface area (Å²) in [5.41, 5.74) is 2.54. The molecule has 0 unspecified atom stereocenters. The smallest absolute Gasteiger partial charge is 0.165 e. The molecule has 1 aliphatic rings. The van der Waals surface area contributed by atoms with Gasteiger partial charge in [-0.1, -0.05) is 42.5 Å². The van der Waals surface area contributed by atoms with Crippen LogP contribution in [0.1, 0.15) is 24.0 Å². The van der Waals surface area contributed by atoms with Crippen LogP contribution in [0.4, 0.5) is 0 Å². The van der Waals surface area contributed by atoms with Gasteiger partial charge in [0.2, 0.25) is 0 Å². The molecule has 0 spiro atoms. The van der Waals surface area contributed by atoms with E-state index >= 15 is 0 Å². The molecule has 1 N–H and O–H groups in total.